The lowest BCUT2D eigenvalue weighted by molar-refractivity contribution is 0.0527. The minimum Gasteiger partial charge on any atom is -0.494 e. The number of carbonyl (C=O) groups excluding carboxylic acids is 1. The van der Waals surface area contributed by atoms with Crippen molar-refractivity contribution in [3.8, 4) is 23.1 Å². The number of anilines is 1. The van der Waals surface area contributed by atoms with Crippen molar-refractivity contribution in [2.75, 3.05) is 18.5 Å². The topological polar surface area (TPSA) is 84.2 Å². The van der Waals surface area contributed by atoms with Crippen molar-refractivity contribution in [1.29, 1.82) is 5.26 Å². The van der Waals surface area contributed by atoms with E-state index in [2.05, 4.69) is 16.4 Å². The molecule has 0 bridgehead atoms. The maximum atomic E-state index is 12.1. The fourth-order valence-electron chi connectivity index (χ4n) is 2.71. The number of nitriles is 1. The van der Waals surface area contributed by atoms with Crippen molar-refractivity contribution in [2.45, 2.75) is 13.8 Å². The number of hydrogen-bond acceptors (Lipinski definition) is 7. The van der Waals surface area contributed by atoms with Gasteiger partial charge in [0.15, 0.2) is 0 Å². The normalized spacial score (nSPS) is 10.9. The van der Waals surface area contributed by atoms with Crippen LogP contribution < -0.4 is 10.1 Å². The lowest BCUT2D eigenvalue weighted by atomic mass is 10.1. The van der Waals surface area contributed by atoms with Gasteiger partial charge in [-0.05, 0) is 50.2 Å². The molecular formula is C23H21N3O3S. The highest BCUT2D eigenvalue weighted by Gasteiger charge is 2.13. The molecule has 0 saturated heterocycles. The summed E-state index contributed by atoms with van der Waals surface area (Å²) < 4.78 is 10.5. The van der Waals surface area contributed by atoms with E-state index in [0.29, 0.717) is 35.0 Å². The van der Waals surface area contributed by atoms with Crippen LogP contribution in [0.2, 0.25) is 0 Å². The molecular weight excluding hydrogens is 398 g/mol. The Bertz CT molecular complexity index is 1080. The Labute approximate surface area is 179 Å². The van der Waals surface area contributed by atoms with Gasteiger partial charge < -0.3 is 14.8 Å². The second-order valence-corrected chi connectivity index (χ2v) is 6.93. The van der Waals surface area contributed by atoms with Gasteiger partial charge in [-0.2, -0.15) is 5.26 Å². The van der Waals surface area contributed by atoms with E-state index < -0.39 is 5.97 Å². The van der Waals surface area contributed by atoms with Crippen molar-refractivity contribution in [3.05, 3.63) is 70.7 Å². The van der Waals surface area contributed by atoms with Gasteiger partial charge in [0.1, 0.15) is 22.4 Å². The molecule has 152 valence electrons. The predicted molar refractivity (Wildman–Crippen MR) is 118 cm³/mol. The number of rotatable bonds is 8. The van der Waals surface area contributed by atoms with Gasteiger partial charge in [0.2, 0.25) is 0 Å². The first kappa shape index (κ1) is 21.1. The van der Waals surface area contributed by atoms with Crippen LogP contribution in [0.25, 0.3) is 16.8 Å². The predicted octanol–water partition coefficient (Wildman–Crippen LogP) is 5.36. The number of allylic oxidation sites excluding steroid dienone is 1. The van der Waals surface area contributed by atoms with Crippen molar-refractivity contribution in [1.82, 2.24) is 4.98 Å². The van der Waals surface area contributed by atoms with Gasteiger partial charge in [-0.15, -0.1) is 11.3 Å². The van der Waals surface area contributed by atoms with E-state index in [1.165, 1.54) is 11.3 Å². The summed E-state index contributed by atoms with van der Waals surface area (Å²) in [6.45, 7) is 4.60. The van der Waals surface area contributed by atoms with E-state index in [1.54, 1.807) is 37.4 Å². The number of aromatic nitrogens is 1. The van der Waals surface area contributed by atoms with Crippen molar-refractivity contribution < 1.29 is 14.3 Å². The highest BCUT2D eigenvalue weighted by Crippen LogP contribution is 2.27. The molecule has 0 aliphatic rings. The van der Waals surface area contributed by atoms with E-state index >= 15 is 0 Å². The number of ether oxygens (including phenoxy) is 2. The van der Waals surface area contributed by atoms with Gasteiger partial charge in [-0.25, -0.2) is 9.78 Å². The third-order valence-electron chi connectivity index (χ3n) is 4.11. The molecule has 3 aromatic rings. The SMILES string of the molecule is CCOC(=O)c1ccccc1N/C=C(\C#N)c1nc(-c2ccc(OCC)cc2)cs1. The number of thiazole rings is 1. The zero-order valence-electron chi connectivity index (χ0n) is 16.7. The van der Waals surface area contributed by atoms with Crippen LogP contribution in [-0.4, -0.2) is 24.2 Å². The third kappa shape index (κ3) is 5.04. The fraction of sp³-hybridized carbons (Fsp3) is 0.174. The van der Waals surface area contributed by atoms with Crippen LogP contribution in [-0.2, 0) is 4.74 Å². The number of nitrogens with one attached hydrogen (secondary N) is 1. The van der Waals surface area contributed by atoms with Crippen LogP contribution in [0.4, 0.5) is 5.69 Å². The highest BCUT2D eigenvalue weighted by molar-refractivity contribution is 7.11. The maximum absolute atomic E-state index is 12.1. The number of benzene rings is 2. The molecule has 6 nitrogen and oxygen atoms in total. The number of carbonyl (C=O) groups is 1. The smallest absolute Gasteiger partial charge is 0.340 e. The van der Waals surface area contributed by atoms with Gasteiger partial charge in [0.25, 0.3) is 0 Å². The van der Waals surface area contributed by atoms with E-state index in [4.69, 9.17) is 9.47 Å². The largest absolute Gasteiger partial charge is 0.494 e. The standard InChI is InChI=1S/C23H21N3O3S/c1-3-28-18-11-9-16(10-12-18)21-15-30-22(26-21)17(13-24)14-25-20-8-6-5-7-19(20)23(27)29-4-2/h5-12,14-15,25H,3-4H2,1-2H3/b17-14+. The first-order chi connectivity index (χ1) is 14.7. The van der Waals surface area contributed by atoms with Crippen molar-refractivity contribution >= 4 is 28.6 Å². The summed E-state index contributed by atoms with van der Waals surface area (Å²) in [5.41, 5.74) is 3.06. The lowest BCUT2D eigenvalue weighted by Gasteiger charge is -2.08. The van der Waals surface area contributed by atoms with Crippen LogP contribution in [0.3, 0.4) is 0 Å². The second-order valence-electron chi connectivity index (χ2n) is 6.08. The minimum absolute atomic E-state index is 0.292. The second kappa shape index (κ2) is 10.2. The molecule has 1 aromatic heterocycles. The summed E-state index contributed by atoms with van der Waals surface area (Å²) >= 11 is 1.38. The molecule has 7 heteroatoms. The van der Waals surface area contributed by atoms with Gasteiger partial charge in [0, 0.05) is 17.1 Å². The fourth-order valence-corrected chi connectivity index (χ4v) is 3.50. The van der Waals surface area contributed by atoms with Crippen LogP contribution in [0.15, 0.2) is 60.1 Å². The van der Waals surface area contributed by atoms with Crippen molar-refractivity contribution in [3.63, 3.8) is 0 Å². The Hall–Kier alpha value is -3.63. The molecule has 0 aliphatic carbocycles. The Morgan fingerprint density at radius 2 is 1.93 bits per heavy atom. The molecule has 0 radical (unpaired) electrons. The van der Waals surface area contributed by atoms with Gasteiger partial charge in [-0.1, -0.05) is 12.1 Å². The summed E-state index contributed by atoms with van der Waals surface area (Å²) in [6, 6.07) is 16.8. The third-order valence-corrected chi connectivity index (χ3v) is 4.99. The average molecular weight is 420 g/mol. The first-order valence-electron chi connectivity index (χ1n) is 9.48. The number of esters is 1. The number of hydrogen-bond donors (Lipinski definition) is 1. The summed E-state index contributed by atoms with van der Waals surface area (Å²) in [7, 11) is 0. The Kier molecular flexibility index (Phi) is 7.19. The quantitative estimate of drug-likeness (QED) is 0.391. The molecule has 0 saturated carbocycles. The summed E-state index contributed by atoms with van der Waals surface area (Å²) in [5, 5.41) is 15.1. The Morgan fingerprint density at radius 1 is 1.17 bits per heavy atom. The maximum Gasteiger partial charge on any atom is 0.340 e. The molecule has 0 aliphatic heterocycles. The minimum atomic E-state index is -0.417. The van der Waals surface area contributed by atoms with E-state index in [9.17, 15) is 10.1 Å². The summed E-state index contributed by atoms with van der Waals surface area (Å²) in [4.78, 5) is 16.7. The zero-order valence-corrected chi connectivity index (χ0v) is 17.5. The molecule has 2 aromatic carbocycles. The first-order valence-corrected chi connectivity index (χ1v) is 10.4. The Morgan fingerprint density at radius 3 is 2.63 bits per heavy atom. The van der Waals surface area contributed by atoms with Crippen molar-refractivity contribution in [2.24, 2.45) is 0 Å². The van der Waals surface area contributed by atoms with Gasteiger partial charge in [-0.3, -0.25) is 0 Å². The summed E-state index contributed by atoms with van der Waals surface area (Å²) in [5.74, 6) is 0.387. The zero-order chi connectivity index (χ0) is 21.3. The molecule has 0 fully saturated rings. The highest BCUT2D eigenvalue weighted by atomic mass is 32.1. The van der Waals surface area contributed by atoms with Gasteiger partial charge in [0.05, 0.1) is 30.2 Å². The Balaban J connectivity index is 1.80. The van der Waals surface area contributed by atoms with Crippen LogP contribution in [0.1, 0.15) is 29.2 Å². The molecule has 0 unspecified atom stereocenters. The number of para-hydroxylation sites is 1. The average Bonchev–Trinajstić information content (AvgIpc) is 3.25. The van der Waals surface area contributed by atoms with Gasteiger partial charge >= 0.3 is 5.97 Å². The monoisotopic (exact) mass is 419 g/mol. The molecule has 0 spiro atoms. The number of nitrogens with zero attached hydrogens (tertiary/aromatic N) is 2. The van der Waals surface area contributed by atoms with Crippen LogP contribution in [0, 0.1) is 11.3 Å². The summed E-state index contributed by atoms with van der Waals surface area (Å²) in [6.07, 6.45) is 1.55. The molecule has 30 heavy (non-hydrogen) atoms. The molecule has 3 rings (SSSR count). The lowest BCUT2D eigenvalue weighted by Crippen LogP contribution is -2.07. The van der Waals surface area contributed by atoms with E-state index in [0.717, 1.165) is 17.0 Å². The van der Waals surface area contributed by atoms with E-state index in [-0.39, 0.29) is 0 Å². The van der Waals surface area contributed by atoms with Crippen LogP contribution >= 0.6 is 11.3 Å². The van der Waals surface area contributed by atoms with Crippen LogP contribution in [0.5, 0.6) is 5.75 Å². The molecule has 0 atom stereocenters. The molecule has 0 amide bonds. The molecule has 1 heterocycles. The molecule has 1 N–H and O–H groups in total. The van der Waals surface area contributed by atoms with E-state index in [1.807, 2.05) is 36.6 Å².